The SMILES string of the molecule is CC1CC1CN(C)c1cccc(F)c1[C@@H](C)N. The summed E-state index contributed by atoms with van der Waals surface area (Å²) < 4.78 is 13.8. The lowest BCUT2D eigenvalue weighted by Crippen LogP contribution is -2.24. The Morgan fingerprint density at radius 1 is 1.53 bits per heavy atom. The Bertz CT molecular complexity index is 403. The van der Waals surface area contributed by atoms with Gasteiger partial charge in [-0.1, -0.05) is 13.0 Å². The van der Waals surface area contributed by atoms with Gasteiger partial charge < -0.3 is 10.6 Å². The van der Waals surface area contributed by atoms with Crippen molar-refractivity contribution >= 4 is 5.69 Å². The van der Waals surface area contributed by atoms with Crippen molar-refractivity contribution < 1.29 is 4.39 Å². The summed E-state index contributed by atoms with van der Waals surface area (Å²) in [5.74, 6) is 1.36. The van der Waals surface area contributed by atoms with E-state index in [1.807, 2.05) is 20.0 Å². The van der Waals surface area contributed by atoms with Crippen LogP contribution in [0.4, 0.5) is 10.1 Å². The van der Waals surface area contributed by atoms with Crippen LogP contribution in [0, 0.1) is 17.7 Å². The minimum atomic E-state index is -0.273. The third-order valence-electron chi connectivity index (χ3n) is 3.68. The van der Waals surface area contributed by atoms with E-state index < -0.39 is 0 Å². The molecule has 17 heavy (non-hydrogen) atoms. The van der Waals surface area contributed by atoms with E-state index in [2.05, 4.69) is 11.8 Å². The summed E-state index contributed by atoms with van der Waals surface area (Å²) in [6, 6.07) is 4.92. The van der Waals surface area contributed by atoms with Gasteiger partial charge in [-0.05, 0) is 37.3 Å². The topological polar surface area (TPSA) is 29.3 Å². The fraction of sp³-hybridized carbons (Fsp3) is 0.571. The zero-order valence-electron chi connectivity index (χ0n) is 10.8. The first kappa shape index (κ1) is 12.4. The molecular formula is C14H21FN2. The summed E-state index contributed by atoms with van der Waals surface area (Å²) in [4.78, 5) is 2.13. The summed E-state index contributed by atoms with van der Waals surface area (Å²) in [7, 11) is 2.02. The van der Waals surface area contributed by atoms with Gasteiger partial charge in [0.1, 0.15) is 5.82 Å². The highest BCUT2D eigenvalue weighted by molar-refractivity contribution is 5.55. The highest BCUT2D eigenvalue weighted by Crippen LogP contribution is 2.39. The van der Waals surface area contributed by atoms with Crippen molar-refractivity contribution in [3.8, 4) is 0 Å². The van der Waals surface area contributed by atoms with Gasteiger partial charge >= 0.3 is 0 Å². The smallest absolute Gasteiger partial charge is 0.130 e. The second-order valence-electron chi connectivity index (χ2n) is 5.31. The molecule has 1 aromatic rings. The molecule has 0 amide bonds. The van der Waals surface area contributed by atoms with E-state index in [0.717, 1.165) is 24.1 Å². The average molecular weight is 236 g/mol. The Morgan fingerprint density at radius 3 is 2.71 bits per heavy atom. The molecule has 3 atom stereocenters. The van der Waals surface area contributed by atoms with Crippen molar-refractivity contribution in [1.29, 1.82) is 0 Å². The van der Waals surface area contributed by atoms with Crippen LogP contribution in [0.15, 0.2) is 18.2 Å². The molecule has 0 saturated heterocycles. The Morgan fingerprint density at radius 2 is 2.18 bits per heavy atom. The molecule has 1 saturated carbocycles. The molecule has 94 valence electrons. The molecule has 2 nitrogen and oxygen atoms in total. The third-order valence-corrected chi connectivity index (χ3v) is 3.68. The Labute approximate surface area is 103 Å². The normalized spacial score (nSPS) is 24.5. The number of hydrogen-bond acceptors (Lipinski definition) is 2. The molecule has 2 unspecified atom stereocenters. The van der Waals surface area contributed by atoms with E-state index in [9.17, 15) is 4.39 Å². The van der Waals surface area contributed by atoms with Gasteiger partial charge in [0.05, 0.1) is 0 Å². The molecule has 0 spiro atoms. The molecule has 3 heteroatoms. The maximum absolute atomic E-state index is 13.8. The van der Waals surface area contributed by atoms with Crippen LogP contribution in [-0.4, -0.2) is 13.6 Å². The number of hydrogen-bond donors (Lipinski definition) is 1. The molecule has 1 aliphatic rings. The maximum Gasteiger partial charge on any atom is 0.130 e. The van der Waals surface area contributed by atoms with Crippen molar-refractivity contribution in [2.75, 3.05) is 18.5 Å². The molecule has 1 aliphatic carbocycles. The Kier molecular flexibility index (Phi) is 3.38. The molecule has 0 aromatic heterocycles. The molecular weight excluding hydrogens is 215 g/mol. The molecule has 2 rings (SSSR count). The molecule has 2 N–H and O–H groups in total. The molecule has 1 fully saturated rings. The lowest BCUT2D eigenvalue weighted by Gasteiger charge is -2.24. The Balaban J connectivity index is 2.21. The van der Waals surface area contributed by atoms with E-state index in [0.29, 0.717) is 5.56 Å². The first-order valence-electron chi connectivity index (χ1n) is 6.25. The van der Waals surface area contributed by atoms with E-state index in [1.165, 1.54) is 12.5 Å². The Hall–Kier alpha value is -1.09. The number of benzene rings is 1. The fourth-order valence-corrected chi connectivity index (χ4v) is 2.41. The first-order chi connectivity index (χ1) is 8.00. The summed E-state index contributed by atoms with van der Waals surface area (Å²) in [5, 5.41) is 0. The van der Waals surface area contributed by atoms with Gasteiger partial charge in [0, 0.05) is 30.9 Å². The van der Waals surface area contributed by atoms with Gasteiger partial charge in [-0.2, -0.15) is 0 Å². The van der Waals surface area contributed by atoms with Gasteiger partial charge in [0.15, 0.2) is 0 Å². The number of nitrogens with two attached hydrogens (primary N) is 1. The summed E-state index contributed by atoms with van der Waals surface area (Å²) in [6.07, 6.45) is 1.28. The highest BCUT2D eigenvalue weighted by atomic mass is 19.1. The van der Waals surface area contributed by atoms with E-state index in [4.69, 9.17) is 5.73 Å². The van der Waals surface area contributed by atoms with Gasteiger partial charge in [0.25, 0.3) is 0 Å². The monoisotopic (exact) mass is 236 g/mol. The van der Waals surface area contributed by atoms with Crippen molar-refractivity contribution in [2.45, 2.75) is 26.3 Å². The largest absolute Gasteiger partial charge is 0.374 e. The molecule has 1 aromatic carbocycles. The van der Waals surface area contributed by atoms with Crippen LogP contribution in [0.5, 0.6) is 0 Å². The summed E-state index contributed by atoms with van der Waals surface area (Å²) >= 11 is 0. The zero-order chi connectivity index (χ0) is 12.6. The van der Waals surface area contributed by atoms with Crippen molar-refractivity contribution in [3.63, 3.8) is 0 Å². The fourth-order valence-electron chi connectivity index (χ4n) is 2.41. The number of anilines is 1. The zero-order valence-corrected chi connectivity index (χ0v) is 10.8. The van der Waals surface area contributed by atoms with Crippen molar-refractivity contribution in [3.05, 3.63) is 29.6 Å². The minimum Gasteiger partial charge on any atom is -0.374 e. The van der Waals surface area contributed by atoms with E-state index in [1.54, 1.807) is 6.07 Å². The average Bonchev–Trinajstić information content (AvgIpc) is 2.93. The number of halogens is 1. The van der Waals surface area contributed by atoms with Crippen molar-refractivity contribution in [1.82, 2.24) is 0 Å². The van der Waals surface area contributed by atoms with Gasteiger partial charge in [-0.3, -0.25) is 0 Å². The maximum atomic E-state index is 13.8. The predicted octanol–water partition coefficient (Wildman–Crippen LogP) is 2.94. The predicted molar refractivity (Wildman–Crippen MR) is 69.5 cm³/mol. The molecule has 0 heterocycles. The van der Waals surface area contributed by atoms with Crippen LogP contribution in [0.1, 0.15) is 31.9 Å². The second kappa shape index (κ2) is 4.65. The quantitative estimate of drug-likeness (QED) is 0.871. The molecule has 0 radical (unpaired) electrons. The van der Waals surface area contributed by atoms with Crippen LogP contribution >= 0.6 is 0 Å². The van der Waals surface area contributed by atoms with Crippen molar-refractivity contribution in [2.24, 2.45) is 17.6 Å². The lowest BCUT2D eigenvalue weighted by atomic mass is 10.0. The second-order valence-corrected chi connectivity index (χ2v) is 5.31. The summed E-state index contributed by atoms with van der Waals surface area (Å²) in [5.41, 5.74) is 7.42. The third kappa shape index (κ3) is 2.60. The van der Waals surface area contributed by atoms with Crippen LogP contribution in [-0.2, 0) is 0 Å². The lowest BCUT2D eigenvalue weighted by molar-refractivity contribution is 0.591. The van der Waals surface area contributed by atoms with Crippen LogP contribution in [0.3, 0.4) is 0 Å². The van der Waals surface area contributed by atoms with Crippen LogP contribution in [0.2, 0.25) is 0 Å². The van der Waals surface area contributed by atoms with E-state index >= 15 is 0 Å². The first-order valence-corrected chi connectivity index (χ1v) is 6.25. The number of rotatable bonds is 4. The molecule has 0 aliphatic heterocycles. The molecule has 0 bridgehead atoms. The van der Waals surface area contributed by atoms with Gasteiger partial charge in [-0.25, -0.2) is 4.39 Å². The van der Waals surface area contributed by atoms with Gasteiger partial charge in [0.2, 0.25) is 0 Å². The minimum absolute atomic E-state index is 0.201. The standard InChI is InChI=1S/C14H21FN2/c1-9-7-11(9)8-17(3)13-6-4-5-12(15)14(13)10(2)16/h4-6,9-11H,7-8,16H2,1-3H3/t9?,10-,11?/m1/s1. The number of nitrogens with zero attached hydrogens (tertiary/aromatic N) is 1. The van der Waals surface area contributed by atoms with Gasteiger partial charge in [-0.15, -0.1) is 0 Å². The van der Waals surface area contributed by atoms with Crippen LogP contribution in [0.25, 0.3) is 0 Å². The van der Waals surface area contributed by atoms with E-state index in [-0.39, 0.29) is 11.9 Å². The summed E-state index contributed by atoms with van der Waals surface area (Å²) in [6.45, 7) is 5.08. The van der Waals surface area contributed by atoms with Crippen LogP contribution < -0.4 is 10.6 Å². The highest BCUT2D eigenvalue weighted by Gasteiger charge is 2.33.